The molecule has 2 heterocycles. The Balaban J connectivity index is 1.67. The van der Waals surface area contributed by atoms with Crippen molar-refractivity contribution in [3.05, 3.63) is 84.1 Å². The Kier molecular flexibility index (Phi) is 4.67. The third kappa shape index (κ3) is 3.24. The Morgan fingerprint density at radius 1 is 0.967 bits per heavy atom. The van der Waals surface area contributed by atoms with Crippen LogP contribution in [0, 0.1) is 12.8 Å². The second-order valence-corrected chi connectivity index (χ2v) is 6.94. The highest BCUT2D eigenvalue weighted by Crippen LogP contribution is 2.28. The summed E-state index contributed by atoms with van der Waals surface area (Å²) in [6, 6.07) is 14.8. The lowest BCUT2D eigenvalue weighted by Gasteiger charge is -2.26. The fourth-order valence-corrected chi connectivity index (χ4v) is 3.34. The average Bonchev–Trinajstić information content (AvgIpc) is 2.99. The van der Waals surface area contributed by atoms with Crippen LogP contribution in [0.15, 0.2) is 78.5 Å². The molecule has 2 aliphatic heterocycles. The van der Waals surface area contributed by atoms with E-state index in [1.165, 1.54) is 11.1 Å². The molecule has 5 amide bonds. The quantitative estimate of drug-likeness (QED) is 0.606. The van der Waals surface area contributed by atoms with E-state index in [4.69, 9.17) is 0 Å². The molecular formula is C22H18N4O4. The summed E-state index contributed by atoms with van der Waals surface area (Å²) in [7, 11) is 0. The summed E-state index contributed by atoms with van der Waals surface area (Å²) in [5.41, 5.74) is 4.66. The van der Waals surface area contributed by atoms with Gasteiger partial charge in [0.05, 0.1) is 11.4 Å². The number of barbiturate groups is 1. The first kappa shape index (κ1) is 19.1. The predicted molar refractivity (Wildman–Crippen MR) is 110 cm³/mol. The van der Waals surface area contributed by atoms with Gasteiger partial charge in [-0.3, -0.25) is 25.1 Å². The van der Waals surface area contributed by atoms with Crippen molar-refractivity contribution < 1.29 is 19.2 Å². The number of hydrazine groups is 1. The van der Waals surface area contributed by atoms with Crippen LogP contribution >= 0.6 is 0 Å². The summed E-state index contributed by atoms with van der Waals surface area (Å²) < 4.78 is 0. The minimum Gasteiger partial charge on any atom is -0.295 e. The molecule has 2 aliphatic rings. The van der Waals surface area contributed by atoms with Gasteiger partial charge in [0, 0.05) is 5.70 Å². The van der Waals surface area contributed by atoms with E-state index in [1.54, 1.807) is 42.5 Å². The molecular weight excluding hydrogens is 384 g/mol. The third-order valence-electron chi connectivity index (χ3n) is 4.83. The second-order valence-electron chi connectivity index (χ2n) is 6.94. The summed E-state index contributed by atoms with van der Waals surface area (Å²) in [5, 5.41) is 3.46. The van der Waals surface area contributed by atoms with Crippen molar-refractivity contribution in [2.24, 2.45) is 5.92 Å². The SMILES string of the molecule is C=C1NN(c2ccccc2)C(=O)[C@@H]1/C=C1\C(=O)NC(=O)N(c2cccc(C)c2)C1=O. The summed E-state index contributed by atoms with van der Waals surface area (Å²) >= 11 is 0. The highest BCUT2D eigenvalue weighted by Gasteiger charge is 2.41. The fourth-order valence-electron chi connectivity index (χ4n) is 3.34. The number of aryl methyl sites for hydroxylation is 1. The Hall–Kier alpha value is -4.20. The Bertz CT molecular complexity index is 1120. The highest BCUT2D eigenvalue weighted by molar-refractivity contribution is 6.37. The van der Waals surface area contributed by atoms with Gasteiger partial charge >= 0.3 is 6.03 Å². The van der Waals surface area contributed by atoms with E-state index in [0.29, 0.717) is 17.1 Å². The van der Waals surface area contributed by atoms with Gasteiger partial charge in [-0.1, -0.05) is 36.9 Å². The van der Waals surface area contributed by atoms with Crippen molar-refractivity contribution in [2.75, 3.05) is 9.91 Å². The molecule has 8 nitrogen and oxygen atoms in total. The number of para-hydroxylation sites is 1. The van der Waals surface area contributed by atoms with E-state index in [1.807, 2.05) is 19.1 Å². The van der Waals surface area contributed by atoms with E-state index in [-0.39, 0.29) is 5.57 Å². The van der Waals surface area contributed by atoms with E-state index in [0.717, 1.165) is 10.5 Å². The number of hydrogen-bond acceptors (Lipinski definition) is 5. The lowest BCUT2D eigenvalue weighted by atomic mass is 10.0. The zero-order valence-electron chi connectivity index (χ0n) is 16.1. The van der Waals surface area contributed by atoms with Gasteiger partial charge in [0.2, 0.25) is 0 Å². The maximum Gasteiger partial charge on any atom is 0.335 e. The summed E-state index contributed by atoms with van der Waals surface area (Å²) in [6.45, 7) is 5.66. The highest BCUT2D eigenvalue weighted by atomic mass is 16.2. The van der Waals surface area contributed by atoms with Gasteiger partial charge in [0.25, 0.3) is 17.7 Å². The molecule has 30 heavy (non-hydrogen) atoms. The monoisotopic (exact) mass is 402 g/mol. The topological polar surface area (TPSA) is 98.8 Å². The summed E-state index contributed by atoms with van der Waals surface area (Å²) in [4.78, 5) is 51.5. The van der Waals surface area contributed by atoms with Gasteiger partial charge in [-0.05, 0) is 42.8 Å². The van der Waals surface area contributed by atoms with Crippen molar-refractivity contribution in [2.45, 2.75) is 6.92 Å². The van der Waals surface area contributed by atoms with Crippen LogP contribution in [0.2, 0.25) is 0 Å². The second kappa shape index (κ2) is 7.32. The molecule has 0 radical (unpaired) electrons. The van der Waals surface area contributed by atoms with Crippen molar-refractivity contribution in [3.63, 3.8) is 0 Å². The van der Waals surface area contributed by atoms with Crippen LogP contribution in [0.25, 0.3) is 0 Å². The molecule has 0 saturated carbocycles. The van der Waals surface area contributed by atoms with E-state index >= 15 is 0 Å². The zero-order valence-corrected chi connectivity index (χ0v) is 16.1. The molecule has 1 atom stereocenters. The number of imide groups is 2. The van der Waals surface area contributed by atoms with Gasteiger partial charge in [0.15, 0.2) is 0 Å². The molecule has 2 saturated heterocycles. The van der Waals surface area contributed by atoms with Crippen LogP contribution in [0.3, 0.4) is 0 Å². The lowest BCUT2D eigenvalue weighted by Crippen LogP contribution is -2.54. The van der Waals surface area contributed by atoms with Crippen molar-refractivity contribution in [3.8, 4) is 0 Å². The fraction of sp³-hybridized carbons (Fsp3) is 0.0909. The van der Waals surface area contributed by atoms with Crippen LogP contribution in [-0.2, 0) is 14.4 Å². The Morgan fingerprint density at radius 3 is 2.37 bits per heavy atom. The number of anilines is 2. The average molecular weight is 402 g/mol. The third-order valence-corrected chi connectivity index (χ3v) is 4.83. The van der Waals surface area contributed by atoms with Crippen molar-refractivity contribution in [1.29, 1.82) is 0 Å². The number of rotatable bonds is 3. The van der Waals surface area contributed by atoms with Crippen LogP contribution < -0.4 is 20.7 Å². The van der Waals surface area contributed by atoms with E-state index in [9.17, 15) is 19.2 Å². The molecule has 4 rings (SSSR count). The molecule has 2 aromatic carbocycles. The number of amides is 5. The number of carbonyl (C=O) groups excluding carboxylic acids is 4. The van der Waals surface area contributed by atoms with Gasteiger partial charge in [-0.15, -0.1) is 0 Å². The molecule has 8 heteroatoms. The maximum absolute atomic E-state index is 13.0. The van der Waals surface area contributed by atoms with Gasteiger partial charge < -0.3 is 0 Å². The molecule has 2 N–H and O–H groups in total. The first-order chi connectivity index (χ1) is 14.4. The molecule has 0 spiro atoms. The smallest absolute Gasteiger partial charge is 0.295 e. The molecule has 2 fully saturated rings. The number of hydrogen-bond donors (Lipinski definition) is 2. The predicted octanol–water partition coefficient (Wildman–Crippen LogP) is 2.19. The van der Waals surface area contributed by atoms with Crippen LogP contribution in [0.4, 0.5) is 16.2 Å². The van der Waals surface area contributed by atoms with Crippen molar-refractivity contribution >= 4 is 35.1 Å². The van der Waals surface area contributed by atoms with Crippen LogP contribution in [-0.4, -0.2) is 23.8 Å². The van der Waals surface area contributed by atoms with Crippen LogP contribution in [0.5, 0.6) is 0 Å². The number of nitrogens with zero attached hydrogens (tertiary/aromatic N) is 2. The molecule has 0 aliphatic carbocycles. The van der Waals surface area contributed by atoms with E-state index < -0.39 is 29.7 Å². The Labute approximate surface area is 172 Å². The first-order valence-electron chi connectivity index (χ1n) is 9.19. The Morgan fingerprint density at radius 2 is 1.67 bits per heavy atom. The zero-order chi connectivity index (χ0) is 21.4. The molecule has 150 valence electrons. The van der Waals surface area contributed by atoms with Gasteiger partial charge in [0.1, 0.15) is 11.5 Å². The largest absolute Gasteiger partial charge is 0.335 e. The molecule has 0 bridgehead atoms. The minimum absolute atomic E-state index is 0.299. The summed E-state index contributed by atoms with van der Waals surface area (Å²) in [6.07, 6.45) is 1.24. The molecule has 2 aromatic rings. The van der Waals surface area contributed by atoms with E-state index in [2.05, 4.69) is 17.3 Å². The standard InChI is InChI=1S/C22H18N4O4/c1-13-7-6-10-16(11-13)25-20(28)18(19(27)23-22(25)30)12-17-14(2)24-26(21(17)29)15-8-4-3-5-9-15/h3-12,17,24H,2H2,1H3,(H,23,27,30)/b18-12+/t17-/m1/s1. The lowest BCUT2D eigenvalue weighted by molar-refractivity contribution is -0.122. The summed E-state index contributed by atoms with van der Waals surface area (Å²) in [5.74, 6) is -2.98. The number of nitrogens with one attached hydrogen (secondary N) is 2. The number of benzene rings is 2. The van der Waals surface area contributed by atoms with Crippen molar-refractivity contribution in [1.82, 2.24) is 10.7 Å². The number of carbonyl (C=O) groups is 4. The number of urea groups is 1. The first-order valence-corrected chi connectivity index (χ1v) is 9.19. The minimum atomic E-state index is -0.942. The molecule has 0 unspecified atom stereocenters. The van der Waals surface area contributed by atoms with Gasteiger partial charge in [-0.2, -0.15) is 0 Å². The van der Waals surface area contributed by atoms with Crippen LogP contribution in [0.1, 0.15) is 5.56 Å². The van der Waals surface area contributed by atoms with Gasteiger partial charge in [-0.25, -0.2) is 14.7 Å². The molecule has 0 aromatic heterocycles. The maximum atomic E-state index is 13.0. The normalized spacial score (nSPS) is 20.6.